The van der Waals surface area contributed by atoms with E-state index in [0.29, 0.717) is 0 Å². The summed E-state index contributed by atoms with van der Waals surface area (Å²) in [5, 5.41) is 8.88. The van der Waals surface area contributed by atoms with Crippen molar-refractivity contribution in [3.05, 3.63) is 125 Å². The number of aromatic nitrogens is 1. The Morgan fingerprint density at radius 2 is 1.40 bits per heavy atom. The van der Waals surface area contributed by atoms with Crippen molar-refractivity contribution < 1.29 is 4.42 Å². The zero-order valence-corrected chi connectivity index (χ0v) is 29.7. The first-order valence-corrected chi connectivity index (χ1v) is 18.0. The van der Waals surface area contributed by atoms with Gasteiger partial charge >= 0.3 is 0 Å². The van der Waals surface area contributed by atoms with E-state index in [0.717, 1.165) is 33.3 Å². The van der Waals surface area contributed by atoms with Crippen LogP contribution in [0.15, 0.2) is 108 Å². The van der Waals surface area contributed by atoms with Gasteiger partial charge in [0.1, 0.15) is 11.2 Å². The molecule has 2 aromatic heterocycles. The Morgan fingerprint density at radius 3 is 2.22 bits per heavy atom. The van der Waals surface area contributed by atoms with Crippen LogP contribution in [0, 0.1) is 13.8 Å². The second-order valence-corrected chi connectivity index (χ2v) is 16.1. The molecule has 10 rings (SSSR count). The number of nitrogens with one attached hydrogen (secondary N) is 1. The van der Waals surface area contributed by atoms with E-state index in [1.807, 2.05) is 0 Å². The van der Waals surface area contributed by atoms with Gasteiger partial charge in [-0.25, -0.2) is 0 Å². The summed E-state index contributed by atoms with van der Waals surface area (Å²) in [6, 6.07) is 38.0. The Labute approximate surface area is 294 Å². The van der Waals surface area contributed by atoms with Crippen molar-refractivity contribution in [1.29, 1.82) is 0 Å². The van der Waals surface area contributed by atoms with E-state index < -0.39 is 0 Å². The van der Waals surface area contributed by atoms with Crippen molar-refractivity contribution in [2.24, 2.45) is 0 Å². The van der Waals surface area contributed by atoms with E-state index in [1.165, 1.54) is 84.6 Å². The molecule has 3 nitrogen and oxygen atoms in total. The Kier molecular flexibility index (Phi) is 6.04. The van der Waals surface area contributed by atoms with Crippen LogP contribution in [0.25, 0.3) is 60.6 Å². The molecule has 0 spiro atoms. The van der Waals surface area contributed by atoms with Gasteiger partial charge in [0.05, 0.1) is 5.52 Å². The second kappa shape index (κ2) is 10.2. The van der Waals surface area contributed by atoms with Crippen LogP contribution in [0.1, 0.15) is 62.8 Å². The van der Waals surface area contributed by atoms with Gasteiger partial charge in [0, 0.05) is 49.7 Å². The molecule has 0 fully saturated rings. The van der Waals surface area contributed by atoms with Gasteiger partial charge in [-0.2, -0.15) is 0 Å². The topological polar surface area (TPSA) is 30.1 Å². The quantitative estimate of drug-likeness (QED) is 0.194. The minimum atomic E-state index is 0.116. The lowest BCUT2D eigenvalue weighted by atomic mass is 9.58. The van der Waals surface area contributed by atoms with Gasteiger partial charge in [-0.15, -0.1) is 0 Å². The number of anilines is 2. The lowest BCUT2D eigenvalue weighted by molar-refractivity contribution is 0.332. The third-order valence-electron chi connectivity index (χ3n) is 11.8. The van der Waals surface area contributed by atoms with Gasteiger partial charge in [0.15, 0.2) is 7.28 Å². The lowest BCUT2D eigenvalue weighted by Gasteiger charge is -2.42. The Balaban J connectivity index is 1.27. The monoisotopic (exact) mass is 647 g/mol. The van der Waals surface area contributed by atoms with E-state index in [2.05, 4.69) is 162 Å². The zero-order valence-electron chi connectivity index (χ0n) is 29.7. The minimum absolute atomic E-state index is 0.116. The molecule has 3 heterocycles. The number of benzene rings is 6. The number of hydrogen-bond donors (Lipinski definition) is 1. The molecule has 1 radical (unpaired) electrons. The maximum atomic E-state index is 6.55. The summed E-state index contributed by atoms with van der Waals surface area (Å²) in [7, 11) is 2.41. The molecular formula is C46H40BN2O. The van der Waals surface area contributed by atoms with Crippen LogP contribution in [0.2, 0.25) is 0 Å². The molecule has 50 heavy (non-hydrogen) atoms. The average Bonchev–Trinajstić information content (AvgIpc) is 3.65. The Hall–Kier alpha value is -5.22. The molecule has 1 aliphatic heterocycles. The highest BCUT2D eigenvalue weighted by molar-refractivity contribution is 6.73. The molecule has 1 N–H and O–H groups in total. The van der Waals surface area contributed by atoms with Gasteiger partial charge in [0.25, 0.3) is 0 Å². The zero-order chi connectivity index (χ0) is 34.1. The standard InChI is InChI=1S/C46H40BN2O/c1-26-22-31(43-38(23-26)49-37-16-9-7-12-28(37)29-14-11-15-34(47-43)44(29)49)41-35(18-19-40-42(41)30-13-8-10-17-39(30)50-40)48-36-25-33-32(24-27(36)2)45(3,4)20-21-46(33,5)6/h7-19,22-25,48H,20-21H2,1-6H3. The molecule has 6 aromatic carbocycles. The molecule has 0 saturated carbocycles. The Bertz CT molecular complexity index is 2740. The van der Waals surface area contributed by atoms with Crippen molar-refractivity contribution in [1.82, 2.24) is 4.57 Å². The third-order valence-corrected chi connectivity index (χ3v) is 11.8. The van der Waals surface area contributed by atoms with E-state index >= 15 is 0 Å². The second-order valence-electron chi connectivity index (χ2n) is 16.1. The van der Waals surface area contributed by atoms with E-state index in [-0.39, 0.29) is 10.8 Å². The maximum absolute atomic E-state index is 6.55. The number of fused-ring (bicyclic) bond motifs is 9. The van der Waals surface area contributed by atoms with Crippen molar-refractivity contribution in [3.63, 3.8) is 0 Å². The fourth-order valence-electron chi connectivity index (χ4n) is 9.09. The molecule has 0 unspecified atom stereocenters. The largest absolute Gasteiger partial charge is 0.456 e. The SMILES string of the molecule is Cc1cc(-c2c(Nc3cc4c(cc3C)C(C)(C)CCC4(C)C)ccc3oc4ccccc4c23)c2c(c1)-n1c3ccccc3c3cccc(c31)[B]2. The van der Waals surface area contributed by atoms with E-state index in [1.54, 1.807) is 0 Å². The molecule has 0 bridgehead atoms. The highest BCUT2D eigenvalue weighted by Gasteiger charge is 2.37. The summed E-state index contributed by atoms with van der Waals surface area (Å²) in [6.45, 7) is 14.1. The summed E-state index contributed by atoms with van der Waals surface area (Å²) >= 11 is 0. The van der Waals surface area contributed by atoms with Crippen LogP contribution in [0.4, 0.5) is 11.4 Å². The van der Waals surface area contributed by atoms with Crippen LogP contribution >= 0.6 is 0 Å². The highest BCUT2D eigenvalue weighted by atomic mass is 16.3. The summed E-state index contributed by atoms with van der Waals surface area (Å²) in [5.41, 5.74) is 18.3. The molecule has 243 valence electrons. The van der Waals surface area contributed by atoms with Gasteiger partial charge in [-0.3, -0.25) is 0 Å². The molecular weight excluding hydrogens is 607 g/mol. The Morgan fingerprint density at radius 1 is 0.680 bits per heavy atom. The highest BCUT2D eigenvalue weighted by Crippen LogP contribution is 2.49. The van der Waals surface area contributed by atoms with Crippen molar-refractivity contribution >= 4 is 73.3 Å². The smallest absolute Gasteiger partial charge is 0.197 e. The number of para-hydroxylation sites is 3. The van der Waals surface area contributed by atoms with Crippen LogP contribution < -0.4 is 16.2 Å². The number of rotatable bonds is 3. The fraction of sp³-hybridized carbons (Fsp3) is 0.217. The van der Waals surface area contributed by atoms with Crippen molar-refractivity contribution in [2.45, 2.75) is 65.2 Å². The summed E-state index contributed by atoms with van der Waals surface area (Å²) < 4.78 is 9.04. The number of furan rings is 1. The normalized spacial score (nSPS) is 15.7. The predicted octanol–water partition coefficient (Wildman–Crippen LogP) is 11.0. The molecule has 8 aromatic rings. The van der Waals surface area contributed by atoms with Gasteiger partial charge in [-0.05, 0) is 107 Å². The van der Waals surface area contributed by atoms with Crippen LogP contribution in [-0.2, 0) is 10.8 Å². The first kappa shape index (κ1) is 29.7. The van der Waals surface area contributed by atoms with Crippen molar-refractivity contribution in [2.75, 3.05) is 5.32 Å². The fourth-order valence-corrected chi connectivity index (χ4v) is 9.09. The molecule has 0 saturated heterocycles. The number of nitrogens with zero attached hydrogens (tertiary/aromatic N) is 1. The predicted molar refractivity (Wildman–Crippen MR) is 213 cm³/mol. The first-order chi connectivity index (χ1) is 24.1. The first-order valence-electron chi connectivity index (χ1n) is 18.0. The summed E-state index contributed by atoms with van der Waals surface area (Å²) in [6.07, 6.45) is 2.39. The number of hydrogen-bond acceptors (Lipinski definition) is 2. The molecule has 1 aliphatic carbocycles. The van der Waals surface area contributed by atoms with Gasteiger partial charge in [-0.1, -0.05) is 99.9 Å². The third kappa shape index (κ3) is 4.11. The average molecular weight is 648 g/mol. The van der Waals surface area contributed by atoms with Gasteiger partial charge < -0.3 is 14.3 Å². The van der Waals surface area contributed by atoms with Crippen molar-refractivity contribution in [3.8, 4) is 16.8 Å². The van der Waals surface area contributed by atoms with Crippen LogP contribution in [0.3, 0.4) is 0 Å². The number of aryl methyl sites for hydroxylation is 2. The van der Waals surface area contributed by atoms with Crippen LogP contribution in [0.5, 0.6) is 0 Å². The van der Waals surface area contributed by atoms with Gasteiger partial charge in [0.2, 0.25) is 0 Å². The van der Waals surface area contributed by atoms with Crippen LogP contribution in [-0.4, -0.2) is 11.8 Å². The molecule has 2 aliphatic rings. The minimum Gasteiger partial charge on any atom is -0.456 e. The molecule has 0 amide bonds. The maximum Gasteiger partial charge on any atom is 0.197 e. The van der Waals surface area contributed by atoms with E-state index in [9.17, 15) is 0 Å². The lowest BCUT2D eigenvalue weighted by Crippen LogP contribution is -2.37. The molecule has 0 atom stereocenters. The summed E-state index contributed by atoms with van der Waals surface area (Å²) in [5.74, 6) is 0. The summed E-state index contributed by atoms with van der Waals surface area (Å²) in [4.78, 5) is 0. The molecule has 4 heteroatoms. The van der Waals surface area contributed by atoms with E-state index in [4.69, 9.17) is 4.42 Å².